The van der Waals surface area contributed by atoms with Crippen LogP contribution in [0.2, 0.25) is 0 Å². The van der Waals surface area contributed by atoms with Crippen LogP contribution in [0.5, 0.6) is 0 Å². The van der Waals surface area contributed by atoms with Gasteiger partial charge >= 0.3 is 0 Å². The molecular weight excluding hydrogens is 388 g/mol. The fourth-order valence-electron chi connectivity index (χ4n) is 5.96. The Morgan fingerprint density at radius 2 is 1.55 bits per heavy atom. The third kappa shape index (κ3) is 3.66. The topological polar surface area (TPSA) is 47.9 Å². The molecule has 1 N–H and O–H groups in total. The molecule has 4 heteroatoms. The quantitative estimate of drug-likeness (QED) is 0.669. The van der Waals surface area contributed by atoms with Crippen molar-refractivity contribution in [2.24, 2.45) is 17.8 Å². The zero-order valence-corrected chi connectivity index (χ0v) is 18.3. The second-order valence-electron chi connectivity index (χ2n) is 9.32. The molecule has 0 spiro atoms. The average Bonchev–Trinajstić information content (AvgIpc) is 2.92. The van der Waals surface area contributed by atoms with Crippen LogP contribution in [0.1, 0.15) is 31.4 Å². The third-order valence-electron chi connectivity index (χ3n) is 7.47. The van der Waals surface area contributed by atoms with E-state index in [0.717, 1.165) is 17.5 Å². The van der Waals surface area contributed by atoms with Crippen molar-refractivity contribution in [1.29, 1.82) is 0 Å². The summed E-state index contributed by atoms with van der Waals surface area (Å²) in [6, 6.07) is 20.6. The first-order valence-corrected chi connectivity index (χ1v) is 11.4. The van der Waals surface area contributed by atoms with Gasteiger partial charge in [0.05, 0.1) is 37.6 Å². The zero-order chi connectivity index (χ0) is 21.4. The minimum atomic E-state index is -0.700. The number of hydrogen-bond donors (Lipinski definition) is 1. The minimum Gasteiger partial charge on any atom is -0.390 e. The molecule has 2 fully saturated rings. The van der Waals surface area contributed by atoms with Crippen molar-refractivity contribution < 1.29 is 19.3 Å². The first-order valence-electron chi connectivity index (χ1n) is 11.4. The lowest BCUT2D eigenvalue weighted by Gasteiger charge is -2.47. The second kappa shape index (κ2) is 8.51. The molecule has 8 atom stereocenters. The lowest BCUT2D eigenvalue weighted by molar-refractivity contribution is -0.150. The van der Waals surface area contributed by atoms with E-state index >= 15 is 0 Å². The molecule has 4 nitrogen and oxygen atoms in total. The molecule has 4 bridgehead atoms. The van der Waals surface area contributed by atoms with E-state index in [2.05, 4.69) is 43.3 Å². The smallest absolute Gasteiger partial charge is 0.118 e. The van der Waals surface area contributed by atoms with E-state index < -0.39 is 11.7 Å². The van der Waals surface area contributed by atoms with Gasteiger partial charge in [-0.05, 0) is 30.4 Å². The maximum Gasteiger partial charge on any atom is 0.118 e. The van der Waals surface area contributed by atoms with Gasteiger partial charge in [-0.1, -0.05) is 79.7 Å². The van der Waals surface area contributed by atoms with Crippen LogP contribution in [0.15, 0.2) is 72.8 Å². The predicted molar refractivity (Wildman–Crippen MR) is 119 cm³/mol. The molecule has 1 heterocycles. The van der Waals surface area contributed by atoms with Crippen molar-refractivity contribution in [3.63, 3.8) is 0 Å². The summed E-state index contributed by atoms with van der Waals surface area (Å²) in [6.45, 7) is 5.16. The summed E-state index contributed by atoms with van der Waals surface area (Å²) in [5, 5.41) is 10.8. The highest BCUT2D eigenvalue weighted by Crippen LogP contribution is 2.57. The fraction of sp³-hybridized carbons (Fsp3) is 0.481. The molecular formula is C27H32O4. The summed E-state index contributed by atoms with van der Waals surface area (Å²) in [5.41, 5.74) is 1.61. The van der Waals surface area contributed by atoms with Crippen LogP contribution in [0.25, 0.3) is 0 Å². The van der Waals surface area contributed by atoms with Gasteiger partial charge in [0.2, 0.25) is 0 Å². The minimum absolute atomic E-state index is 0.0371. The Morgan fingerprint density at radius 3 is 2.13 bits per heavy atom. The van der Waals surface area contributed by atoms with E-state index in [1.165, 1.54) is 0 Å². The molecule has 1 saturated heterocycles. The highest BCUT2D eigenvalue weighted by atomic mass is 16.6. The number of hydrogen-bond acceptors (Lipinski definition) is 4. The van der Waals surface area contributed by atoms with Gasteiger partial charge in [-0.15, -0.1) is 0 Å². The van der Waals surface area contributed by atoms with Gasteiger partial charge in [0.1, 0.15) is 5.60 Å². The maximum absolute atomic E-state index is 10.8. The molecule has 2 aromatic carbocycles. The van der Waals surface area contributed by atoms with Crippen LogP contribution in [0.3, 0.4) is 0 Å². The molecule has 0 radical (unpaired) electrons. The van der Waals surface area contributed by atoms with E-state index in [1.807, 2.05) is 43.3 Å². The summed E-state index contributed by atoms with van der Waals surface area (Å²) in [4.78, 5) is 0. The summed E-state index contributed by atoms with van der Waals surface area (Å²) < 4.78 is 19.8. The van der Waals surface area contributed by atoms with Crippen LogP contribution in [-0.2, 0) is 27.4 Å². The molecule has 0 unspecified atom stereocenters. The summed E-state index contributed by atoms with van der Waals surface area (Å²) >= 11 is 0. The largest absolute Gasteiger partial charge is 0.390 e. The van der Waals surface area contributed by atoms with Crippen LogP contribution in [0, 0.1) is 17.8 Å². The predicted octanol–water partition coefficient (Wildman–Crippen LogP) is 4.52. The number of benzene rings is 2. The molecule has 5 rings (SSSR count). The van der Waals surface area contributed by atoms with Gasteiger partial charge < -0.3 is 19.3 Å². The average molecular weight is 421 g/mol. The van der Waals surface area contributed by atoms with Crippen molar-refractivity contribution in [2.75, 3.05) is 0 Å². The van der Waals surface area contributed by atoms with Crippen molar-refractivity contribution in [3.05, 3.63) is 83.9 Å². The SMILES string of the molecule is C[C@H]1[C@@H](OCc2ccccc2)[C@@H]2O[C@@]3([C@H](C)O)C=CC[C@@H]2[C@H]3[C@@H]1OCc1ccccc1. The summed E-state index contributed by atoms with van der Waals surface area (Å²) in [7, 11) is 0. The van der Waals surface area contributed by atoms with Crippen molar-refractivity contribution in [3.8, 4) is 0 Å². The van der Waals surface area contributed by atoms with E-state index in [1.54, 1.807) is 0 Å². The molecule has 31 heavy (non-hydrogen) atoms. The highest BCUT2D eigenvalue weighted by molar-refractivity contribution is 5.25. The number of ether oxygens (including phenoxy) is 3. The van der Waals surface area contributed by atoms with Crippen molar-refractivity contribution in [2.45, 2.75) is 63.5 Å². The lowest BCUT2D eigenvalue weighted by atomic mass is 9.61. The Balaban J connectivity index is 1.43. The van der Waals surface area contributed by atoms with Gasteiger partial charge in [-0.2, -0.15) is 0 Å². The number of aliphatic hydroxyl groups is 1. The Labute approximate surface area is 184 Å². The monoisotopic (exact) mass is 420 g/mol. The van der Waals surface area contributed by atoms with E-state index in [4.69, 9.17) is 14.2 Å². The molecule has 0 aromatic heterocycles. The zero-order valence-electron chi connectivity index (χ0n) is 18.3. The first kappa shape index (κ1) is 20.9. The Morgan fingerprint density at radius 1 is 0.968 bits per heavy atom. The van der Waals surface area contributed by atoms with E-state index in [0.29, 0.717) is 13.2 Å². The Bertz CT molecular complexity index is 896. The third-order valence-corrected chi connectivity index (χ3v) is 7.47. The van der Waals surface area contributed by atoms with Crippen molar-refractivity contribution >= 4 is 0 Å². The second-order valence-corrected chi connectivity index (χ2v) is 9.32. The number of aliphatic hydroxyl groups excluding tert-OH is 1. The normalized spacial score (nSPS) is 37.0. The van der Waals surface area contributed by atoms with Crippen LogP contribution in [-0.4, -0.2) is 35.1 Å². The standard InChI is InChI=1S/C27H32O4/c1-18-24(29-16-20-10-5-3-6-11-20)23-22-14-9-15-27(23,19(2)28)31-26(22)25(18)30-17-21-12-7-4-8-13-21/h3-13,15,18-19,22-26,28H,14,16-17H2,1-2H3/t18-,19+,22-,23+,24-,25-,26-,27-/m1/s1. The number of allylic oxidation sites excluding steroid dienone is 1. The summed E-state index contributed by atoms with van der Waals surface area (Å²) in [5.74, 6) is 0.570. The van der Waals surface area contributed by atoms with Crippen molar-refractivity contribution in [1.82, 2.24) is 0 Å². The molecule has 164 valence electrons. The maximum atomic E-state index is 10.8. The number of rotatable bonds is 7. The van der Waals surface area contributed by atoms with Gasteiger partial charge in [0.15, 0.2) is 0 Å². The summed E-state index contributed by atoms with van der Waals surface area (Å²) in [6.07, 6.45) is 4.42. The van der Waals surface area contributed by atoms with Crippen LogP contribution in [0.4, 0.5) is 0 Å². The van der Waals surface area contributed by atoms with E-state index in [9.17, 15) is 5.11 Å². The van der Waals surface area contributed by atoms with Crippen LogP contribution >= 0.6 is 0 Å². The van der Waals surface area contributed by atoms with Gasteiger partial charge in [-0.3, -0.25) is 0 Å². The fourth-order valence-corrected chi connectivity index (χ4v) is 5.96. The van der Waals surface area contributed by atoms with Gasteiger partial charge in [0, 0.05) is 11.8 Å². The van der Waals surface area contributed by atoms with E-state index in [-0.39, 0.29) is 36.1 Å². The molecule has 1 aliphatic heterocycles. The molecule has 2 aromatic rings. The highest BCUT2D eigenvalue weighted by Gasteiger charge is 2.66. The Kier molecular flexibility index (Phi) is 5.74. The van der Waals surface area contributed by atoms with Crippen LogP contribution < -0.4 is 0 Å². The Hall–Kier alpha value is -1.98. The van der Waals surface area contributed by atoms with Gasteiger partial charge in [-0.25, -0.2) is 0 Å². The molecule has 0 amide bonds. The van der Waals surface area contributed by atoms with Gasteiger partial charge in [0.25, 0.3) is 0 Å². The lowest BCUT2D eigenvalue weighted by Crippen LogP contribution is -2.56. The molecule has 1 saturated carbocycles. The first-order chi connectivity index (χ1) is 15.1. The molecule has 3 aliphatic rings. The molecule has 2 aliphatic carbocycles.